The average molecular weight is 650 g/mol. The van der Waals surface area contributed by atoms with Gasteiger partial charge in [0.2, 0.25) is 5.91 Å². The van der Waals surface area contributed by atoms with Crippen LogP contribution in [0.1, 0.15) is 44.7 Å². The molecule has 11 nitrogen and oxygen atoms in total. The second-order valence-electron chi connectivity index (χ2n) is 12.2. The number of nitrogens with zero attached hydrogens (tertiary/aromatic N) is 5. The normalized spacial score (nSPS) is 22.3. The zero-order valence-electron chi connectivity index (χ0n) is 26.9. The van der Waals surface area contributed by atoms with Gasteiger partial charge in [0.15, 0.2) is 5.82 Å². The van der Waals surface area contributed by atoms with Gasteiger partial charge in [-0.2, -0.15) is 0 Å². The summed E-state index contributed by atoms with van der Waals surface area (Å²) in [4.78, 5) is 31.9. The molecule has 3 saturated heterocycles. The van der Waals surface area contributed by atoms with Crippen LogP contribution in [0.15, 0.2) is 55.4 Å². The van der Waals surface area contributed by atoms with Crippen molar-refractivity contribution in [2.75, 3.05) is 60.5 Å². The maximum atomic E-state index is 14.7. The molecule has 0 radical (unpaired) electrons. The number of hydroxylamine groups is 1. The van der Waals surface area contributed by atoms with Crippen molar-refractivity contribution in [3.05, 3.63) is 72.6 Å². The van der Waals surface area contributed by atoms with E-state index in [1.807, 2.05) is 12.1 Å². The minimum atomic E-state index is -0.567. The number of amides is 1. The van der Waals surface area contributed by atoms with E-state index in [9.17, 15) is 13.6 Å². The Kier molecular flexibility index (Phi) is 9.85. The molecule has 2 N–H and O–H groups in total. The first-order valence-electron chi connectivity index (χ1n) is 16.0. The lowest BCUT2D eigenvalue weighted by atomic mass is 10.00. The van der Waals surface area contributed by atoms with E-state index < -0.39 is 17.7 Å². The Morgan fingerprint density at radius 1 is 1.04 bits per heavy atom. The van der Waals surface area contributed by atoms with Gasteiger partial charge >= 0.3 is 0 Å². The topological polar surface area (TPSA) is 104 Å². The molecule has 1 amide bonds. The van der Waals surface area contributed by atoms with Gasteiger partial charge in [-0.15, -0.1) is 0 Å². The van der Waals surface area contributed by atoms with Crippen LogP contribution < -0.4 is 25.3 Å². The summed E-state index contributed by atoms with van der Waals surface area (Å²) < 4.78 is 40.4. The molecule has 3 atom stereocenters. The monoisotopic (exact) mass is 649 g/mol. The smallest absolute Gasteiger partial charge is 0.247 e. The van der Waals surface area contributed by atoms with Crippen molar-refractivity contribution >= 4 is 34.6 Å². The van der Waals surface area contributed by atoms with E-state index in [4.69, 9.17) is 14.3 Å². The zero-order valence-corrected chi connectivity index (χ0v) is 26.9. The Morgan fingerprint density at radius 2 is 1.81 bits per heavy atom. The van der Waals surface area contributed by atoms with E-state index >= 15 is 0 Å². The fourth-order valence-electron chi connectivity index (χ4n) is 6.79. The van der Waals surface area contributed by atoms with Crippen LogP contribution in [0.4, 0.5) is 37.5 Å². The molecule has 13 heteroatoms. The summed E-state index contributed by atoms with van der Waals surface area (Å²) in [6, 6.07) is 8.66. The number of carbonyl (C=O) groups is 1. The van der Waals surface area contributed by atoms with Crippen molar-refractivity contribution in [2.45, 2.75) is 57.4 Å². The molecule has 47 heavy (non-hydrogen) atoms. The summed E-state index contributed by atoms with van der Waals surface area (Å²) >= 11 is 0. The molecular formula is C34H41F2N7O4. The van der Waals surface area contributed by atoms with Gasteiger partial charge in [0, 0.05) is 56.3 Å². The number of piperidine rings is 1. The van der Waals surface area contributed by atoms with Gasteiger partial charge in [0.05, 0.1) is 49.0 Å². The number of benzene rings is 2. The Bertz CT molecular complexity index is 1590. The van der Waals surface area contributed by atoms with E-state index in [0.29, 0.717) is 47.8 Å². The number of aromatic nitrogens is 2. The van der Waals surface area contributed by atoms with E-state index in [0.717, 1.165) is 56.8 Å². The SMILES string of the molecule is C=CC(=O)Nc1cc(Nc2cc(N3OCC[C@@H]3c3cc(F)ccc3F)ncn2)c(OC)cc1N1CCC(N2C[C@@H](C)O[C@@H](C)C2)CC1. The van der Waals surface area contributed by atoms with Crippen LogP contribution in [0, 0.1) is 11.6 Å². The van der Waals surface area contributed by atoms with Crippen molar-refractivity contribution in [3.63, 3.8) is 0 Å². The third kappa shape index (κ3) is 7.32. The lowest BCUT2D eigenvalue weighted by Crippen LogP contribution is -2.53. The molecule has 2 aromatic carbocycles. The molecule has 3 aromatic rings. The van der Waals surface area contributed by atoms with Gasteiger partial charge < -0.3 is 25.0 Å². The maximum absolute atomic E-state index is 14.7. The number of morpholine rings is 1. The van der Waals surface area contributed by atoms with Crippen LogP contribution >= 0.6 is 0 Å². The lowest BCUT2D eigenvalue weighted by Gasteiger charge is -2.44. The summed E-state index contributed by atoms with van der Waals surface area (Å²) in [6.07, 6.45) is 5.45. The number of carbonyl (C=O) groups excluding carboxylic acids is 1. The van der Waals surface area contributed by atoms with Gasteiger partial charge in [-0.1, -0.05) is 6.58 Å². The molecule has 250 valence electrons. The Balaban J connectivity index is 1.23. The third-order valence-corrected chi connectivity index (χ3v) is 8.89. The first-order chi connectivity index (χ1) is 22.7. The highest BCUT2D eigenvalue weighted by Crippen LogP contribution is 2.41. The highest BCUT2D eigenvalue weighted by Gasteiger charge is 2.33. The van der Waals surface area contributed by atoms with Crippen molar-refractivity contribution in [2.24, 2.45) is 0 Å². The number of hydrogen-bond acceptors (Lipinski definition) is 10. The second-order valence-corrected chi connectivity index (χ2v) is 12.2. The van der Waals surface area contributed by atoms with Crippen molar-refractivity contribution in [3.8, 4) is 5.75 Å². The summed E-state index contributed by atoms with van der Waals surface area (Å²) in [5.74, 6) is -0.0552. The van der Waals surface area contributed by atoms with Gasteiger partial charge in [-0.25, -0.2) is 23.8 Å². The van der Waals surface area contributed by atoms with Gasteiger partial charge in [-0.05, 0) is 57.0 Å². The quantitative estimate of drug-likeness (QED) is 0.285. The third-order valence-electron chi connectivity index (χ3n) is 8.89. The van der Waals surface area contributed by atoms with E-state index in [2.05, 4.69) is 50.8 Å². The average Bonchev–Trinajstić information content (AvgIpc) is 3.56. The summed E-state index contributed by atoms with van der Waals surface area (Å²) in [5, 5.41) is 7.71. The van der Waals surface area contributed by atoms with E-state index in [1.54, 1.807) is 13.2 Å². The van der Waals surface area contributed by atoms with Gasteiger partial charge in [-0.3, -0.25) is 14.5 Å². The Labute approximate surface area is 273 Å². The highest BCUT2D eigenvalue weighted by molar-refractivity contribution is 6.02. The largest absolute Gasteiger partial charge is 0.494 e. The van der Waals surface area contributed by atoms with Crippen LogP contribution in [0.5, 0.6) is 5.75 Å². The van der Waals surface area contributed by atoms with Crippen molar-refractivity contribution in [1.29, 1.82) is 0 Å². The molecule has 0 aliphatic carbocycles. The standard InChI is InChI=1S/C34H41F2N7O4/c1-5-34(44)40-27-15-28(31(45-4)16-30(27)41-11-8-24(9-12-41)42-18-21(2)47-22(3)19-42)39-32-17-33(38-20-37-32)43-29(10-13-46-43)25-14-23(35)6-7-26(25)36/h5-7,14-17,20-22,24,29H,1,8-13,18-19H2,2-4H3,(H,40,44)(H,37,38,39)/t21-,22+,29-/m1/s1. The molecule has 0 unspecified atom stereocenters. The molecule has 3 fully saturated rings. The zero-order chi connectivity index (χ0) is 33.1. The Morgan fingerprint density at radius 3 is 2.53 bits per heavy atom. The van der Waals surface area contributed by atoms with Crippen LogP contribution in [0.2, 0.25) is 0 Å². The minimum Gasteiger partial charge on any atom is -0.494 e. The molecule has 3 aliphatic heterocycles. The predicted octanol–water partition coefficient (Wildman–Crippen LogP) is 5.59. The van der Waals surface area contributed by atoms with E-state index in [-0.39, 0.29) is 23.7 Å². The number of halogens is 2. The fraction of sp³-hybridized carbons (Fsp3) is 0.441. The number of methoxy groups -OCH3 is 1. The van der Waals surface area contributed by atoms with Crippen LogP contribution in [-0.2, 0) is 14.4 Å². The number of rotatable bonds is 9. The van der Waals surface area contributed by atoms with Crippen LogP contribution in [-0.4, -0.2) is 78.9 Å². The maximum Gasteiger partial charge on any atom is 0.247 e. The lowest BCUT2D eigenvalue weighted by molar-refractivity contribution is -0.111. The van der Waals surface area contributed by atoms with Crippen LogP contribution in [0.3, 0.4) is 0 Å². The number of ether oxygens (including phenoxy) is 2. The summed E-state index contributed by atoms with van der Waals surface area (Å²) in [5.41, 5.74) is 2.19. The highest BCUT2D eigenvalue weighted by atomic mass is 19.1. The second kappa shape index (κ2) is 14.2. The van der Waals surface area contributed by atoms with Crippen molar-refractivity contribution in [1.82, 2.24) is 14.9 Å². The summed E-state index contributed by atoms with van der Waals surface area (Å²) in [6.45, 7) is 11.7. The first kappa shape index (κ1) is 32.6. The number of hydrogen-bond donors (Lipinski definition) is 2. The molecule has 0 saturated carbocycles. The minimum absolute atomic E-state index is 0.188. The van der Waals surface area contributed by atoms with Gasteiger partial charge in [0.25, 0.3) is 0 Å². The summed E-state index contributed by atoms with van der Waals surface area (Å²) in [7, 11) is 1.58. The molecule has 6 rings (SSSR count). The van der Waals surface area contributed by atoms with Crippen LogP contribution in [0.25, 0.3) is 0 Å². The first-order valence-corrected chi connectivity index (χ1v) is 16.0. The molecule has 0 spiro atoms. The fourth-order valence-corrected chi connectivity index (χ4v) is 6.79. The molecule has 4 heterocycles. The van der Waals surface area contributed by atoms with Gasteiger partial charge in [0.1, 0.15) is 29.5 Å². The number of nitrogens with one attached hydrogen (secondary N) is 2. The molecule has 0 bridgehead atoms. The van der Waals surface area contributed by atoms with Crippen molar-refractivity contribution < 1.29 is 27.9 Å². The molecular weight excluding hydrogens is 608 g/mol. The van der Waals surface area contributed by atoms with E-state index in [1.165, 1.54) is 23.5 Å². The Hall–Kier alpha value is -4.33. The predicted molar refractivity (Wildman–Crippen MR) is 176 cm³/mol. The molecule has 3 aliphatic rings. The number of anilines is 5. The molecule has 1 aromatic heterocycles.